The molecule has 3 fully saturated rings. The van der Waals surface area contributed by atoms with Gasteiger partial charge in [-0.15, -0.1) is 6.58 Å². The van der Waals surface area contributed by atoms with E-state index in [-0.39, 0.29) is 25.2 Å². The molecule has 0 aromatic heterocycles. The predicted molar refractivity (Wildman–Crippen MR) is 109 cm³/mol. The molecule has 0 bridgehead atoms. The summed E-state index contributed by atoms with van der Waals surface area (Å²) in [6, 6.07) is 0. The molecule has 12 atom stereocenters. The zero-order valence-electron chi connectivity index (χ0n) is 18.5. The van der Waals surface area contributed by atoms with Crippen LogP contribution in [0.5, 0.6) is 0 Å². The number of rotatable bonds is 6. The quantitative estimate of drug-likeness (QED) is 0.135. The van der Waals surface area contributed by atoms with E-state index < -0.39 is 85.7 Å². The Kier molecular flexibility index (Phi) is 7.80. The molecule has 0 spiro atoms. The molecule has 14 heteroatoms. The van der Waals surface area contributed by atoms with Crippen molar-refractivity contribution in [2.24, 2.45) is 5.92 Å². The van der Waals surface area contributed by atoms with Crippen molar-refractivity contribution in [2.45, 2.75) is 73.6 Å². The minimum atomic E-state index is -1.74. The normalized spacial score (nSPS) is 48.3. The number of aliphatic hydroxyl groups excluding tert-OH is 6. The SMILES string of the molecule is C=C[C@H]1[C@H](O[C@H]2O[C@@H](CO[C@H]3OC[C@H](O)[C@@H](O)[C@@H]3O)[C@H](O)[C@@H](O)[C@@H]2O)OC=C2C(=O)OCC[C@]21O. The number of carbonyl (C=O) groups is 1. The van der Waals surface area contributed by atoms with Crippen molar-refractivity contribution in [3.63, 3.8) is 0 Å². The Morgan fingerprint density at radius 3 is 2.46 bits per heavy atom. The molecule has 0 unspecified atom stereocenters. The summed E-state index contributed by atoms with van der Waals surface area (Å²) in [5.74, 6) is -1.73. The summed E-state index contributed by atoms with van der Waals surface area (Å²) in [6.07, 6.45) is -12.7. The number of hydrogen-bond donors (Lipinski definition) is 7. The van der Waals surface area contributed by atoms with Crippen LogP contribution in [0.25, 0.3) is 0 Å². The summed E-state index contributed by atoms with van der Waals surface area (Å²) >= 11 is 0. The Bertz CT molecular complexity index is 820. The molecule has 198 valence electrons. The van der Waals surface area contributed by atoms with Crippen molar-refractivity contribution in [1.29, 1.82) is 0 Å². The molecule has 3 saturated heterocycles. The number of carbonyl (C=O) groups excluding carboxylic acids is 1. The molecule has 0 aromatic rings. The van der Waals surface area contributed by atoms with E-state index in [2.05, 4.69) is 6.58 Å². The second kappa shape index (κ2) is 10.4. The van der Waals surface area contributed by atoms with E-state index >= 15 is 0 Å². The lowest BCUT2D eigenvalue weighted by molar-refractivity contribution is -0.352. The Hall–Kier alpha value is -1.69. The minimum absolute atomic E-state index is 0.0423. The van der Waals surface area contributed by atoms with Gasteiger partial charge in [0, 0.05) is 6.42 Å². The van der Waals surface area contributed by atoms with Crippen LogP contribution in [-0.2, 0) is 33.2 Å². The highest BCUT2D eigenvalue weighted by atomic mass is 16.8. The lowest BCUT2D eigenvalue weighted by Crippen LogP contribution is -2.62. The fraction of sp³-hybridized carbons (Fsp3) is 0.762. The standard InChI is InChI=1S/C21H30O14/c1-2-8-18(31-5-9-17(28)30-4-3-21(8,9)29)35-20-16(27)14(25)13(24)11(34-20)7-33-19-15(26)12(23)10(22)6-32-19/h2,5,8,10-16,18-20,22-27,29H,1,3-4,6-7H2/t8-,10-,11-,12+,13-,14+,15-,16-,18-,19+,20+,21+/m0/s1. The monoisotopic (exact) mass is 506 g/mol. The summed E-state index contributed by atoms with van der Waals surface area (Å²) in [4.78, 5) is 12.0. The van der Waals surface area contributed by atoms with E-state index in [1.54, 1.807) is 0 Å². The molecule has 0 saturated carbocycles. The molecule has 35 heavy (non-hydrogen) atoms. The van der Waals surface area contributed by atoms with Crippen molar-refractivity contribution >= 4 is 5.97 Å². The van der Waals surface area contributed by atoms with Crippen LogP contribution in [0.15, 0.2) is 24.5 Å². The molecular formula is C21H30O14. The Labute approximate surface area is 199 Å². The van der Waals surface area contributed by atoms with E-state index in [0.717, 1.165) is 6.26 Å². The van der Waals surface area contributed by atoms with Gasteiger partial charge in [-0.25, -0.2) is 4.79 Å². The second-order valence-corrected chi connectivity index (χ2v) is 8.84. The Balaban J connectivity index is 1.44. The van der Waals surface area contributed by atoms with Gasteiger partial charge in [-0.2, -0.15) is 0 Å². The maximum Gasteiger partial charge on any atom is 0.340 e. The van der Waals surface area contributed by atoms with Gasteiger partial charge < -0.3 is 64.2 Å². The number of ether oxygens (including phenoxy) is 6. The maximum atomic E-state index is 12.0. The third kappa shape index (κ3) is 4.84. The van der Waals surface area contributed by atoms with Crippen molar-refractivity contribution in [1.82, 2.24) is 0 Å². The first-order valence-corrected chi connectivity index (χ1v) is 11.1. The van der Waals surface area contributed by atoms with Crippen LogP contribution < -0.4 is 0 Å². The largest absolute Gasteiger partial charge is 0.471 e. The summed E-state index contributed by atoms with van der Waals surface area (Å²) in [5, 5.41) is 71.5. The number of cyclic esters (lactones) is 1. The molecule has 4 rings (SSSR count). The highest BCUT2D eigenvalue weighted by Gasteiger charge is 2.54. The van der Waals surface area contributed by atoms with Crippen LogP contribution in [0, 0.1) is 5.92 Å². The first kappa shape index (κ1) is 26.4. The van der Waals surface area contributed by atoms with Crippen LogP contribution in [0.3, 0.4) is 0 Å². The van der Waals surface area contributed by atoms with E-state index in [4.69, 9.17) is 28.4 Å². The van der Waals surface area contributed by atoms with Gasteiger partial charge in [-0.05, 0) is 0 Å². The van der Waals surface area contributed by atoms with Gasteiger partial charge in [0.2, 0.25) is 6.29 Å². The average Bonchev–Trinajstić information content (AvgIpc) is 2.82. The predicted octanol–water partition coefficient (Wildman–Crippen LogP) is -4.01. The molecule has 0 aliphatic carbocycles. The smallest absolute Gasteiger partial charge is 0.340 e. The van der Waals surface area contributed by atoms with Gasteiger partial charge in [0.25, 0.3) is 0 Å². The van der Waals surface area contributed by atoms with E-state index in [1.807, 2.05) is 0 Å². The molecule has 0 aromatic carbocycles. The van der Waals surface area contributed by atoms with Gasteiger partial charge in [-0.1, -0.05) is 6.08 Å². The second-order valence-electron chi connectivity index (χ2n) is 8.84. The average molecular weight is 506 g/mol. The maximum absolute atomic E-state index is 12.0. The van der Waals surface area contributed by atoms with Crippen LogP contribution in [0.2, 0.25) is 0 Å². The van der Waals surface area contributed by atoms with Gasteiger partial charge >= 0.3 is 5.97 Å². The fourth-order valence-electron chi connectivity index (χ4n) is 4.47. The van der Waals surface area contributed by atoms with Crippen LogP contribution in [-0.4, -0.2) is 129 Å². The zero-order valence-corrected chi connectivity index (χ0v) is 18.5. The van der Waals surface area contributed by atoms with Crippen LogP contribution >= 0.6 is 0 Å². The number of aliphatic hydroxyl groups is 7. The molecule has 14 nitrogen and oxygen atoms in total. The summed E-state index contributed by atoms with van der Waals surface area (Å²) in [6.45, 7) is 2.84. The van der Waals surface area contributed by atoms with Crippen molar-refractivity contribution in [3.05, 3.63) is 24.5 Å². The zero-order chi connectivity index (χ0) is 25.5. The Morgan fingerprint density at radius 1 is 1.03 bits per heavy atom. The molecule has 7 N–H and O–H groups in total. The lowest BCUT2D eigenvalue weighted by atomic mass is 9.76. The molecule has 0 amide bonds. The van der Waals surface area contributed by atoms with E-state index in [9.17, 15) is 40.5 Å². The Morgan fingerprint density at radius 2 is 1.74 bits per heavy atom. The number of hydrogen-bond acceptors (Lipinski definition) is 14. The fourth-order valence-corrected chi connectivity index (χ4v) is 4.47. The third-order valence-corrected chi connectivity index (χ3v) is 6.64. The van der Waals surface area contributed by atoms with Crippen LogP contribution in [0.1, 0.15) is 6.42 Å². The van der Waals surface area contributed by atoms with Crippen molar-refractivity contribution in [3.8, 4) is 0 Å². The minimum Gasteiger partial charge on any atom is -0.471 e. The topological polar surface area (TPSA) is 214 Å². The van der Waals surface area contributed by atoms with Crippen molar-refractivity contribution in [2.75, 3.05) is 19.8 Å². The highest BCUT2D eigenvalue weighted by Crippen LogP contribution is 2.42. The first-order valence-electron chi connectivity index (χ1n) is 11.1. The number of fused-ring (bicyclic) bond motifs is 1. The lowest BCUT2D eigenvalue weighted by Gasteiger charge is -2.46. The molecule has 4 heterocycles. The highest BCUT2D eigenvalue weighted by molar-refractivity contribution is 5.91. The van der Waals surface area contributed by atoms with Crippen molar-refractivity contribution < 1.29 is 69.0 Å². The van der Waals surface area contributed by atoms with E-state index in [0.29, 0.717) is 0 Å². The molecule has 0 radical (unpaired) electrons. The summed E-state index contributed by atoms with van der Waals surface area (Å²) in [5.41, 5.74) is -1.82. The third-order valence-electron chi connectivity index (χ3n) is 6.64. The molecule has 4 aliphatic rings. The van der Waals surface area contributed by atoms with Gasteiger partial charge in [0.1, 0.15) is 53.9 Å². The van der Waals surface area contributed by atoms with Gasteiger partial charge in [-0.3, -0.25) is 0 Å². The molecule has 4 aliphatic heterocycles. The summed E-state index contributed by atoms with van der Waals surface area (Å²) in [7, 11) is 0. The van der Waals surface area contributed by atoms with Gasteiger partial charge in [0.05, 0.1) is 32.0 Å². The van der Waals surface area contributed by atoms with Crippen LogP contribution in [0.4, 0.5) is 0 Å². The van der Waals surface area contributed by atoms with Gasteiger partial charge in [0.15, 0.2) is 12.6 Å². The molecular weight excluding hydrogens is 476 g/mol. The summed E-state index contributed by atoms with van der Waals surface area (Å²) < 4.78 is 32.1. The number of esters is 1. The first-order chi connectivity index (χ1) is 16.6. The van der Waals surface area contributed by atoms with E-state index in [1.165, 1.54) is 6.08 Å².